The lowest BCUT2D eigenvalue weighted by atomic mass is 9.86. The van der Waals surface area contributed by atoms with E-state index < -0.39 is 0 Å². The maximum atomic E-state index is 5.61. The highest BCUT2D eigenvalue weighted by Gasteiger charge is 2.29. The molecule has 0 aromatic carbocycles. The van der Waals surface area contributed by atoms with Crippen molar-refractivity contribution >= 4 is 0 Å². The molecule has 0 bridgehead atoms. The van der Waals surface area contributed by atoms with Crippen LogP contribution in [0.25, 0.3) is 0 Å². The predicted molar refractivity (Wildman–Crippen MR) is 71.3 cm³/mol. The molecule has 2 unspecified atom stereocenters. The topological polar surface area (TPSA) is 30.5 Å². The summed E-state index contributed by atoms with van der Waals surface area (Å²) in [5.74, 6) is 0.643. The maximum absolute atomic E-state index is 5.61. The number of methoxy groups -OCH3 is 1. The summed E-state index contributed by atoms with van der Waals surface area (Å²) in [6.07, 6.45) is 4.71. The Labute approximate surface area is 106 Å². The van der Waals surface area contributed by atoms with Crippen LogP contribution in [0.5, 0.6) is 0 Å². The van der Waals surface area contributed by atoms with Gasteiger partial charge >= 0.3 is 0 Å². The van der Waals surface area contributed by atoms with E-state index in [9.17, 15) is 0 Å². The van der Waals surface area contributed by atoms with Crippen LogP contribution in [0.3, 0.4) is 0 Å². The highest BCUT2D eigenvalue weighted by Crippen LogP contribution is 2.25. The molecule has 0 aromatic heterocycles. The molecule has 102 valence electrons. The summed E-state index contributed by atoms with van der Waals surface area (Å²) in [5.41, 5.74) is -0.0527. The van der Waals surface area contributed by atoms with Crippen LogP contribution in [-0.2, 0) is 9.47 Å². The van der Waals surface area contributed by atoms with Crippen LogP contribution >= 0.6 is 0 Å². The Balaban J connectivity index is 2.52. The highest BCUT2D eigenvalue weighted by molar-refractivity contribution is 4.84. The Morgan fingerprint density at radius 1 is 1.47 bits per heavy atom. The molecule has 1 rings (SSSR count). The summed E-state index contributed by atoms with van der Waals surface area (Å²) in [5, 5.41) is 3.67. The second-order valence-corrected chi connectivity index (χ2v) is 5.71. The standard InChI is InChI=1S/C14H29NO2/c1-5-8-15-13(10-14(2,3)16-4)12-7-6-9-17-11-12/h12-13,15H,5-11H2,1-4H3. The molecule has 0 aliphatic carbocycles. The Kier molecular flexibility index (Phi) is 6.45. The van der Waals surface area contributed by atoms with Crippen LogP contribution < -0.4 is 5.32 Å². The molecule has 17 heavy (non-hydrogen) atoms. The van der Waals surface area contributed by atoms with Crippen LogP contribution in [0.15, 0.2) is 0 Å². The first-order valence-corrected chi connectivity index (χ1v) is 6.95. The molecule has 1 heterocycles. The van der Waals surface area contributed by atoms with Gasteiger partial charge in [-0.05, 0) is 52.0 Å². The van der Waals surface area contributed by atoms with Gasteiger partial charge < -0.3 is 14.8 Å². The summed E-state index contributed by atoms with van der Waals surface area (Å²) < 4.78 is 11.2. The fourth-order valence-corrected chi connectivity index (χ4v) is 2.43. The van der Waals surface area contributed by atoms with Crippen molar-refractivity contribution in [3.8, 4) is 0 Å². The van der Waals surface area contributed by atoms with Gasteiger partial charge in [0, 0.05) is 19.8 Å². The molecule has 3 heteroatoms. The van der Waals surface area contributed by atoms with E-state index in [0.29, 0.717) is 12.0 Å². The molecular weight excluding hydrogens is 214 g/mol. The second-order valence-electron chi connectivity index (χ2n) is 5.71. The van der Waals surface area contributed by atoms with Crippen molar-refractivity contribution in [1.29, 1.82) is 0 Å². The van der Waals surface area contributed by atoms with Crippen molar-refractivity contribution in [2.24, 2.45) is 5.92 Å². The Morgan fingerprint density at radius 3 is 2.76 bits per heavy atom. The van der Waals surface area contributed by atoms with Gasteiger partial charge in [-0.2, -0.15) is 0 Å². The van der Waals surface area contributed by atoms with Gasteiger partial charge in [0.15, 0.2) is 0 Å². The Bertz CT molecular complexity index is 200. The fourth-order valence-electron chi connectivity index (χ4n) is 2.43. The van der Waals surface area contributed by atoms with Crippen LogP contribution in [0.2, 0.25) is 0 Å². The normalized spacial score (nSPS) is 23.6. The lowest BCUT2D eigenvalue weighted by Gasteiger charge is -2.36. The average molecular weight is 243 g/mol. The molecule has 0 radical (unpaired) electrons. The number of rotatable bonds is 7. The van der Waals surface area contributed by atoms with Crippen LogP contribution in [-0.4, -0.2) is 38.5 Å². The van der Waals surface area contributed by atoms with E-state index in [1.54, 1.807) is 7.11 Å². The van der Waals surface area contributed by atoms with Crippen LogP contribution in [0, 0.1) is 5.92 Å². The molecule has 0 saturated carbocycles. The third kappa shape index (κ3) is 5.36. The van der Waals surface area contributed by atoms with Crippen LogP contribution in [0.1, 0.15) is 46.5 Å². The molecule has 1 N–H and O–H groups in total. The first kappa shape index (κ1) is 14.9. The molecule has 0 aromatic rings. The van der Waals surface area contributed by atoms with Gasteiger partial charge in [0.25, 0.3) is 0 Å². The molecule has 1 aliphatic rings. The first-order chi connectivity index (χ1) is 8.09. The smallest absolute Gasteiger partial charge is 0.0637 e. The van der Waals surface area contributed by atoms with Crippen molar-refractivity contribution in [3.63, 3.8) is 0 Å². The summed E-state index contributed by atoms with van der Waals surface area (Å²) in [4.78, 5) is 0. The summed E-state index contributed by atoms with van der Waals surface area (Å²) in [6.45, 7) is 9.46. The molecule has 1 aliphatic heterocycles. The minimum absolute atomic E-state index is 0.0527. The van der Waals surface area contributed by atoms with Gasteiger partial charge in [-0.1, -0.05) is 6.92 Å². The van der Waals surface area contributed by atoms with Crippen molar-refractivity contribution < 1.29 is 9.47 Å². The zero-order valence-electron chi connectivity index (χ0n) is 11.9. The van der Waals surface area contributed by atoms with E-state index >= 15 is 0 Å². The number of ether oxygens (including phenoxy) is 2. The van der Waals surface area contributed by atoms with E-state index in [2.05, 4.69) is 26.1 Å². The molecule has 3 nitrogen and oxygen atoms in total. The second kappa shape index (κ2) is 7.34. The summed E-state index contributed by atoms with van der Waals surface area (Å²) in [7, 11) is 1.80. The van der Waals surface area contributed by atoms with E-state index in [1.807, 2.05) is 0 Å². The third-order valence-corrected chi connectivity index (χ3v) is 3.69. The highest BCUT2D eigenvalue weighted by atomic mass is 16.5. The Morgan fingerprint density at radius 2 is 2.24 bits per heavy atom. The number of nitrogens with one attached hydrogen (secondary N) is 1. The largest absolute Gasteiger partial charge is 0.381 e. The zero-order chi connectivity index (χ0) is 12.7. The molecule has 0 amide bonds. The van der Waals surface area contributed by atoms with Crippen molar-refractivity contribution in [1.82, 2.24) is 5.32 Å². The third-order valence-electron chi connectivity index (χ3n) is 3.69. The quantitative estimate of drug-likeness (QED) is 0.745. The van der Waals surface area contributed by atoms with E-state index in [-0.39, 0.29) is 5.60 Å². The van der Waals surface area contributed by atoms with Gasteiger partial charge in [0.2, 0.25) is 0 Å². The van der Waals surface area contributed by atoms with Crippen molar-refractivity contribution in [2.75, 3.05) is 26.9 Å². The minimum atomic E-state index is -0.0527. The van der Waals surface area contributed by atoms with Gasteiger partial charge in [-0.15, -0.1) is 0 Å². The SMILES string of the molecule is CCCNC(CC(C)(C)OC)C1CCCOC1. The number of hydrogen-bond acceptors (Lipinski definition) is 3. The van der Waals surface area contributed by atoms with Crippen LogP contribution in [0.4, 0.5) is 0 Å². The Hall–Kier alpha value is -0.120. The molecule has 1 fully saturated rings. The molecule has 2 atom stereocenters. The predicted octanol–water partition coefficient (Wildman–Crippen LogP) is 2.60. The van der Waals surface area contributed by atoms with E-state index in [4.69, 9.17) is 9.47 Å². The van der Waals surface area contributed by atoms with Gasteiger partial charge in [0.05, 0.1) is 12.2 Å². The van der Waals surface area contributed by atoms with Crippen molar-refractivity contribution in [3.05, 3.63) is 0 Å². The fraction of sp³-hybridized carbons (Fsp3) is 1.00. The van der Waals surface area contributed by atoms with Crippen molar-refractivity contribution in [2.45, 2.75) is 58.1 Å². The van der Waals surface area contributed by atoms with Gasteiger partial charge in [-0.25, -0.2) is 0 Å². The molecule has 1 saturated heterocycles. The zero-order valence-corrected chi connectivity index (χ0v) is 11.9. The molecular formula is C14H29NO2. The first-order valence-electron chi connectivity index (χ1n) is 6.95. The maximum Gasteiger partial charge on any atom is 0.0637 e. The monoisotopic (exact) mass is 243 g/mol. The van der Waals surface area contributed by atoms with E-state index in [0.717, 1.165) is 26.2 Å². The van der Waals surface area contributed by atoms with Gasteiger partial charge in [0.1, 0.15) is 0 Å². The summed E-state index contributed by atoms with van der Waals surface area (Å²) in [6, 6.07) is 0.519. The average Bonchev–Trinajstić information content (AvgIpc) is 2.35. The minimum Gasteiger partial charge on any atom is -0.381 e. The summed E-state index contributed by atoms with van der Waals surface area (Å²) >= 11 is 0. The number of hydrogen-bond donors (Lipinski definition) is 1. The van der Waals surface area contributed by atoms with E-state index in [1.165, 1.54) is 19.3 Å². The molecule has 0 spiro atoms. The lowest BCUT2D eigenvalue weighted by Crippen LogP contribution is -2.45. The lowest BCUT2D eigenvalue weighted by molar-refractivity contribution is -0.0164. The van der Waals surface area contributed by atoms with Gasteiger partial charge in [-0.3, -0.25) is 0 Å².